The van der Waals surface area contributed by atoms with Crippen molar-refractivity contribution >= 4 is 28.3 Å². The summed E-state index contributed by atoms with van der Waals surface area (Å²) in [6.07, 6.45) is 2.08. The Morgan fingerprint density at radius 3 is 2.19 bits per heavy atom. The Morgan fingerprint density at radius 1 is 0.741 bits per heavy atom. The fraction of sp³-hybridized carbons (Fsp3) is 0.0400. The van der Waals surface area contributed by atoms with E-state index in [1.54, 1.807) is 0 Å². The van der Waals surface area contributed by atoms with E-state index >= 15 is 0 Å². The van der Waals surface area contributed by atoms with Crippen molar-refractivity contribution in [3.8, 4) is 0 Å². The van der Waals surface area contributed by atoms with Crippen LogP contribution < -0.4 is 0 Å². The van der Waals surface area contributed by atoms with Gasteiger partial charge < -0.3 is 0 Å². The highest BCUT2D eigenvalue weighted by atomic mass is 16.1. The predicted molar refractivity (Wildman–Crippen MR) is 110 cm³/mol. The third kappa shape index (κ3) is 2.67. The summed E-state index contributed by atoms with van der Waals surface area (Å²) >= 11 is 0. The molecular formula is C25H17NO. The normalized spacial score (nSPS) is 16.1. The van der Waals surface area contributed by atoms with Gasteiger partial charge in [0.1, 0.15) is 0 Å². The van der Waals surface area contributed by atoms with Gasteiger partial charge in [-0.05, 0) is 34.9 Å². The van der Waals surface area contributed by atoms with E-state index in [2.05, 4.69) is 18.2 Å². The van der Waals surface area contributed by atoms with Gasteiger partial charge in [-0.3, -0.25) is 4.79 Å². The molecule has 0 N–H and O–H groups in total. The van der Waals surface area contributed by atoms with Gasteiger partial charge in [0, 0.05) is 10.9 Å². The van der Waals surface area contributed by atoms with Crippen LogP contribution in [0.3, 0.4) is 0 Å². The molecule has 2 nitrogen and oxygen atoms in total. The Balaban J connectivity index is 1.78. The molecular weight excluding hydrogens is 330 g/mol. The molecule has 0 fully saturated rings. The predicted octanol–water partition coefficient (Wildman–Crippen LogP) is 5.76. The van der Waals surface area contributed by atoms with Gasteiger partial charge in [-0.2, -0.15) is 0 Å². The van der Waals surface area contributed by atoms with E-state index in [0.717, 1.165) is 33.3 Å². The molecule has 1 heterocycles. The van der Waals surface area contributed by atoms with E-state index in [0.29, 0.717) is 5.56 Å². The Hall–Kier alpha value is -3.52. The molecule has 1 aliphatic carbocycles. The molecule has 0 radical (unpaired) electrons. The Labute approximate surface area is 157 Å². The zero-order chi connectivity index (χ0) is 18.2. The van der Waals surface area contributed by atoms with Crippen LogP contribution in [0.4, 0.5) is 0 Å². The number of hydrogen-bond donors (Lipinski definition) is 0. The van der Waals surface area contributed by atoms with Gasteiger partial charge in [0.25, 0.3) is 0 Å². The highest BCUT2D eigenvalue weighted by Crippen LogP contribution is 2.41. The lowest BCUT2D eigenvalue weighted by Gasteiger charge is -2.25. The van der Waals surface area contributed by atoms with Gasteiger partial charge in [0.05, 0.1) is 17.1 Å². The summed E-state index contributed by atoms with van der Waals surface area (Å²) in [6, 6.07) is 30.0. The molecule has 1 aliphatic rings. The van der Waals surface area contributed by atoms with Gasteiger partial charge in [0.2, 0.25) is 0 Å². The number of Topliss-reactive ketones (excluding diaryl/α,β-unsaturated/α-hetero) is 1. The SMILES string of the molecule is O=C1c2cc3ccccc3nc2C=C(c2ccccc2)C1c1ccccc1. The zero-order valence-corrected chi connectivity index (χ0v) is 14.7. The van der Waals surface area contributed by atoms with Crippen molar-refractivity contribution in [3.05, 3.63) is 113 Å². The summed E-state index contributed by atoms with van der Waals surface area (Å²) in [5.74, 6) is -0.208. The minimum atomic E-state index is -0.316. The fourth-order valence-corrected chi connectivity index (χ4v) is 3.82. The molecule has 3 aromatic carbocycles. The average molecular weight is 347 g/mol. The maximum absolute atomic E-state index is 13.6. The van der Waals surface area contributed by atoms with Gasteiger partial charge in [0.15, 0.2) is 5.78 Å². The fourth-order valence-electron chi connectivity index (χ4n) is 3.82. The summed E-state index contributed by atoms with van der Waals surface area (Å²) < 4.78 is 0. The molecule has 1 aromatic heterocycles. The van der Waals surface area contributed by atoms with Crippen LogP contribution >= 0.6 is 0 Å². The van der Waals surface area contributed by atoms with Crippen LogP contribution in [-0.4, -0.2) is 10.8 Å². The van der Waals surface area contributed by atoms with Crippen LogP contribution in [0.2, 0.25) is 0 Å². The lowest BCUT2D eigenvalue weighted by atomic mass is 9.77. The lowest BCUT2D eigenvalue weighted by Crippen LogP contribution is -2.20. The van der Waals surface area contributed by atoms with Crippen molar-refractivity contribution < 1.29 is 4.79 Å². The number of fused-ring (bicyclic) bond motifs is 2. The van der Waals surface area contributed by atoms with Gasteiger partial charge in [-0.25, -0.2) is 4.98 Å². The van der Waals surface area contributed by atoms with Crippen LogP contribution in [0.15, 0.2) is 91.0 Å². The topological polar surface area (TPSA) is 30.0 Å². The maximum Gasteiger partial charge on any atom is 0.176 e. The van der Waals surface area contributed by atoms with Crippen LogP contribution in [0.25, 0.3) is 22.6 Å². The van der Waals surface area contributed by atoms with E-state index < -0.39 is 0 Å². The van der Waals surface area contributed by atoms with Crippen LogP contribution in [0.5, 0.6) is 0 Å². The molecule has 2 heteroatoms. The number of aromatic nitrogens is 1. The monoisotopic (exact) mass is 347 g/mol. The van der Waals surface area contributed by atoms with Crippen molar-refractivity contribution in [1.29, 1.82) is 0 Å². The third-order valence-corrected chi connectivity index (χ3v) is 5.12. The lowest BCUT2D eigenvalue weighted by molar-refractivity contribution is 0.0978. The van der Waals surface area contributed by atoms with E-state index in [1.165, 1.54) is 0 Å². The zero-order valence-electron chi connectivity index (χ0n) is 14.7. The van der Waals surface area contributed by atoms with Gasteiger partial charge in [-0.15, -0.1) is 0 Å². The second-order valence-electron chi connectivity index (χ2n) is 6.79. The molecule has 0 saturated heterocycles. The minimum Gasteiger partial charge on any atom is -0.293 e. The standard InChI is InChI=1S/C25H17NO/c27-25-21-15-19-13-7-8-14-22(19)26-23(21)16-20(17-9-3-1-4-10-17)24(25)18-11-5-2-6-12-18/h1-16,24H. The van der Waals surface area contributed by atoms with Gasteiger partial charge >= 0.3 is 0 Å². The van der Waals surface area contributed by atoms with Crippen molar-refractivity contribution in [2.24, 2.45) is 0 Å². The van der Waals surface area contributed by atoms with Crippen molar-refractivity contribution in [2.75, 3.05) is 0 Å². The number of para-hydroxylation sites is 1. The smallest absolute Gasteiger partial charge is 0.176 e. The number of hydrogen-bond acceptors (Lipinski definition) is 2. The summed E-state index contributed by atoms with van der Waals surface area (Å²) in [4.78, 5) is 18.3. The first-order valence-electron chi connectivity index (χ1n) is 9.07. The third-order valence-electron chi connectivity index (χ3n) is 5.12. The highest BCUT2D eigenvalue weighted by molar-refractivity contribution is 6.17. The maximum atomic E-state index is 13.6. The molecule has 4 aromatic rings. The van der Waals surface area contributed by atoms with Crippen molar-refractivity contribution in [1.82, 2.24) is 4.98 Å². The Kier molecular flexibility index (Phi) is 3.68. The highest BCUT2D eigenvalue weighted by Gasteiger charge is 2.32. The summed E-state index contributed by atoms with van der Waals surface area (Å²) in [7, 11) is 0. The summed E-state index contributed by atoms with van der Waals surface area (Å²) in [6.45, 7) is 0. The molecule has 1 unspecified atom stereocenters. The number of rotatable bonds is 2. The molecule has 128 valence electrons. The Bertz CT molecular complexity index is 1180. The Morgan fingerprint density at radius 2 is 1.41 bits per heavy atom. The van der Waals surface area contributed by atoms with Crippen molar-refractivity contribution in [3.63, 3.8) is 0 Å². The second-order valence-corrected chi connectivity index (χ2v) is 6.79. The second kappa shape index (κ2) is 6.33. The number of pyridine rings is 1. The van der Waals surface area contributed by atoms with Gasteiger partial charge in [-0.1, -0.05) is 78.9 Å². The molecule has 5 rings (SSSR count). The van der Waals surface area contributed by atoms with E-state index in [9.17, 15) is 4.79 Å². The first-order chi connectivity index (χ1) is 13.3. The number of ketones is 1. The number of nitrogens with zero attached hydrogens (tertiary/aromatic N) is 1. The number of carbonyl (C=O) groups is 1. The van der Waals surface area contributed by atoms with Crippen LogP contribution in [-0.2, 0) is 0 Å². The minimum absolute atomic E-state index is 0.107. The quantitative estimate of drug-likeness (QED) is 0.462. The largest absolute Gasteiger partial charge is 0.293 e. The van der Waals surface area contributed by atoms with Crippen LogP contribution in [0.1, 0.15) is 33.1 Å². The summed E-state index contributed by atoms with van der Waals surface area (Å²) in [5, 5.41) is 0.993. The summed E-state index contributed by atoms with van der Waals surface area (Å²) in [5.41, 5.74) is 5.43. The number of carbonyl (C=O) groups excluding carboxylic acids is 1. The van der Waals surface area contributed by atoms with Crippen LogP contribution in [0, 0.1) is 0 Å². The number of benzene rings is 3. The molecule has 0 bridgehead atoms. The van der Waals surface area contributed by atoms with E-state index in [4.69, 9.17) is 4.98 Å². The molecule has 27 heavy (non-hydrogen) atoms. The molecule has 0 amide bonds. The first-order valence-corrected chi connectivity index (χ1v) is 9.07. The van der Waals surface area contributed by atoms with E-state index in [1.807, 2.05) is 78.9 Å². The number of allylic oxidation sites excluding steroid dienone is 1. The molecule has 1 atom stereocenters. The average Bonchev–Trinajstić information content (AvgIpc) is 2.74. The first kappa shape index (κ1) is 15.7. The molecule has 0 saturated carbocycles. The molecule has 0 spiro atoms. The molecule has 0 aliphatic heterocycles. The van der Waals surface area contributed by atoms with E-state index in [-0.39, 0.29) is 11.7 Å². The van der Waals surface area contributed by atoms with Crippen molar-refractivity contribution in [2.45, 2.75) is 5.92 Å².